The van der Waals surface area contributed by atoms with Crippen LogP contribution >= 0.6 is 12.2 Å². The molecule has 0 spiro atoms. The fourth-order valence-electron chi connectivity index (χ4n) is 3.81. The minimum Gasteiger partial charge on any atom is -0.340 e. The third-order valence-corrected chi connectivity index (χ3v) is 5.90. The van der Waals surface area contributed by atoms with Crippen LogP contribution in [-0.4, -0.2) is 56.7 Å². The smallest absolute Gasteiger partial charge is 0.224 e. The number of carbonyl (C=O) groups excluding carboxylic acids is 1. The Hall–Kier alpha value is -2.77. The van der Waals surface area contributed by atoms with Crippen LogP contribution in [0.15, 0.2) is 54.6 Å². The minimum atomic E-state index is 0.173. The Morgan fingerprint density at radius 3 is 2.43 bits per heavy atom. The molecule has 0 radical (unpaired) electrons. The number of benzene rings is 2. The van der Waals surface area contributed by atoms with E-state index < -0.39 is 0 Å². The Balaban J connectivity index is 1.32. The predicted molar refractivity (Wildman–Crippen MR) is 121 cm³/mol. The van der Waals surface area contributed by atoms with Gasteiger partial charge in [0.2, 0.25) is 5.91 Å². The van der Waals surface area contributed by atoms with Crippen molar-refractivity contribution < 1.29 is 4.79 Å². The predicted octanol–water partition coefficient (Wildman–Crippen LogP) is 3.65. The Kier molecular flexibility index (Phi) is 6.40. The highest BCUT2D eigenvalue weighted by molar-refractivity contribution is 7.71. The van der Waals surface area contributed by atoms with Gasteiger partial charge >= 0.3 is 0 Å². The van der Waals surface area contributed by atoms with E-state index in [1.54, 1.807) is 0 Å². The molecule has 1 saturated heterocycles. The summed E-state index contributed by atoms with van der Waals surface area (Å²) in [4.78, 5) is 17.2. The largest absolute Gasteiger partial charge is 0.340 e. The van der Waals surface area contributed by atoms with Crippen molar-refractivity contribution in [3.63, 3.8) is 0 Å². The Labute approximate surface area is 182 Å². The number of amides is 1. The van der Waals surface area contributed by atoms with Crippen molar-refractivity contribution in [3.8, 4) is 11.4 Å². The summed E-state index contributed by atoms with van der Waals surface area (Å²) in [5, 5.41) is 7.24. The standard InChI is InChI=1S/C23H27N5OS/c1-18-7-9-20(10-8-18)22-24-25-23(30)28(22)12-11-21(29)27-15-13-26(14-16-27)17-19-5-3-2-4-6-19/h2-10H,11-17H2,1H3,(H,25,30). The van der Waals surface area contributed by atoms with Crippen molar-refractivity contribution in [1.82, 2.24) is 24.6 Å². The van der Waals surface area contributed by atoms with Crippen LogP contribution in [0.3, 0.4) is 0 Å². The Morgan fingerprint density at radius 2 is 1.73 bits per heavy atom. The van der Waals surface area contributed by atoms with E-state index in [2.05, 4.69) is 58.4 Å². The summed E-state index contributed by atoms with van der Waals surface area (Å²) in [7, 11) is 0. The maximum atomic E-state index is 12.8. The zero-order valence-electron chi connectivity index (χ0n) is 17.3. The van der Waals surface area contributed by atoms with Gasteiger partial charge in [-0.15, -0.1) is 0 Å². The van der Waals surface area contributed by atoms with Crippen LogP contribution in [0.25, 0.3) is 11.4 Å². The molecule has 1 aliphatic heterocycles. The highest BCUT2D eigenvalue weighted by atomic mass is 32.1. The number of aromatic amines is 1. The molecule has 0 bridgehead atoms. The summed E-state index contributed by atoms with van der Waals surface area (Å²) in [6.07, 6.45) is 0.422. The van der Waals surface area contributed by atoms with Crippen LogP contribution in [-0.2, 0) is 17.9 Å². The van der Waals surface area contributed by atoms with Crippen molar-refractivity contribution in [1.29, 1.82) is 0 Å². The first-order valence-corrected chi connectivity index (χ1v) is 10.8. The Morgan fingerprint density at radius 1 is 1.03 bits per heavy atom. The van der Waals surface area contributed by atoms with Crippen molar-refractivity contribution in [3.05, 3.63) is 70.5 Å². The second-order valence-corrected chi connectivity index (χ2v) is 8.15. The lowest BCUT2D eigenvalue weighted by atomic mass is 10.1. The molecule has 0 saturated carbocycles. The van der Waals surface area contributed by atoms with E-state index in [1.807, 2.05) is 27.7 Å². The molecule has 7 heteroatoms. The number of H-pyrrole nitrogens is 1. The van der Waals surface area contributed by atoms with Crippen molar-refractivity contribution >= 4 is 18.1 Å². The van der Waals surface area contributed by atoms with E-state index in [0.717, 1.165) is 44.1 Å². The molecule has 6 nitrogen and oxygen atoms in total. The quantitative estimate of drug-likeness (QED) is 0.618. The van der Waals surface area contributed by atoms with Gasteiger partial charge in [-0.05, 0) is 24.7 Å². The lowest BCUT2D eigenvalue weighted by molar-refractivity contribution is -0.133. The van der Waals surface area contributed by atoms with Crippen molar-refractivity contribution in [2.75, 3.05) is 26.2 Å². The number of carbonyl (C=O) groups is 1. The molecule has 1 aliphatic rings. The van der Waals surface area contributed by atoms with Gasteiger partial charge in [0.05, 0.1) is 0 Å². The van der Waals surface area contributed by atoms with Crippen LogP contribution in [0, 0.1) is 11.7 Å². The van der Waals surface area contributed by atoms with Gasteiger partial charge in [0.15, 0.2) is 10.6 Å². The molecule has 0 atom stereocenters. The molecule has 1 amide bonds. The van der Waals surface area contributed by atoms with Gasteiger partial charge in [0, 0.05) is 51.3 Å². The van der Waals surface area contributed by atoms with E-state index in [4.69, 9.17) is 12.2 Å². The van der Waals surface area contributed by atoms with Crippen LogP contribution < -0.4 is 0 Å². The van der Waals surface area contributed by atoms with Gasteiger partial charge < -0.3 is 4.90 Å². The number of piperazine rings is 1. The van der Waals surface area contributed by atoms with Crippen LogP contribution in [0.4, 0.5) is 0 Å². The van der Waals surface area contributed by atoms with Gasteiger partial charge in [0.25, 0.3) is 0 Å². The van der Waals surface area contributed by atoms with Crippen molar-refractivity contribution in [2.45, 2.75) is 26.4 Å². The lowest BCUT2D eigenvalue weighted by Crippen LogP contribution is -2.48. The molecule has 2 aromatic carbocycles. The zero-order valence-corrected chi connectivity index (χ0v) is 18.1. The number of aromatic nitrogens is 3. The SMILES string of the molecule is Cc1ccc(-c2n[nH]c(=S)n2CCC(=O)N2CCN(Cc3ccccc3)CC2)cc1. The number of nitrogens with one attached hydrogen (secondary N) is 1. The maximum Gasteiger partial charge on any atom is 0.224 e. The van der Waals surface area contributed by atoms with E-state index in [-0.39, 0.29) is 5.91 Å². The summed E-state index contributed by atoms with van der Waals surface area (Å²) in [5.74, 6) is 0.952. The maximum absolute atomic E-state index is 12.8. The summed E-state index contributed by atoms with van der Waals surface area (Å²) in [5.41, 5.74) is 3.51. The molecule has 3 aromatic rings. The molecular formula is C23H27N5OS. The van der Waals surface area contributed by atoms with Gasteiger partial charge in [-0.25, -0.2) is 0 Å². The van der Waals surface area contributed by atoms with Gasteiger partial charge in [0.1, 0.15) is 0 Å². The second-order valence-electron chi connectivity index (χ2n) is 7.76. The topological polar surface area (TPSA) is 57.2 Å². The molecule has 156 valence electrons. The second kappa shape index (κ2) is 9.36. The van der Waals surface area contributed by atoms with Gasteiger partial charge in [-0.3, -0.25) is 19.4 Å². The van der Waals surface area contributed by atoms with Crippen LogP contribution in [0.5, 0.6) is 0 Å². The first kappa shape index (κ1) is 20.5. The fourth-order valence-corrected chi connectivity index (χ4v) is 4.03. The van der Waals surface area contributed by atoms with Crippen molar-refractivity contribution in [2.24, 2.45) is 0 Å². The van der Waals surface area contributed by atoms with Crippen LogP contribution in [0.1, 0.15) is 17.5 Å². The highest BCUT2D eigenvalue weighted by Gasteiger charge is 2.21. The molecule has 30 heavy (non-hydrogen) atoms. The first-order chi connectivity index (χ1) is 14.6. The molecule has 1 aromatic heterocycles. The molecule has 1 N–H and O–H groups in total. The van der Waals surface area contributed by atoms with E-state index in [0.29, 0.717) is 17.7 Å². The summed E-state index contributed by atoms with van der Waals surface area (Å²) in [6, 6.07) is 18.7. The molecule has 2 heterocycles. The third kappa shape index (κ3) is 4.86. The van der Waals surface area contributed by atoms with Crippen LogP contribution in [0.2, 0.25) is 0 Å². The zero-order chi connectivity index (χ0) is 20.9. The number of hydrogen-bond acceptors (Lipinski definition) is 4. The lowest BCUT2D eigenvalue weighted by Gasteiger charge is -2.34. The monoisotopic (exact) mass is 421 g/mol. The average Bonchev–Trinajstić information content (AvgIpc) is 3.14. The summed E-state index contributed by atoms with van der Waals surface area (Å²) >= 11 is 5.40. The number of hydrogen-bond donors (Lipinski definition) is 1. The van der Waals surface area contributed by atoms with E-state index >= 15 is 0 Å². The third-order valence-electron chi connectivity index (χ3n) is 5.59. The number of aryl methyl sites for hydroxylation is 1. The van der Waals surface area contributed by atoms with Gasteiger partial charge in [-0.1, -0.05) is 60.2 Å². The molecule has 0 unspecified atom stereocenters. The molecule has 1 fully saturated rings. The molecule has 0 aliphatic carbocycles. The summed E-state index contributed by atoms with van der Waals surface area (Å²) in [6.45, 7) is 6.87. The average molecular weight is 422 g/mol. The highest BCUT2D eigenvalue weighted by Crippen LogP contribution is 2.18. The van der Waals surface area contributed by atoms with E-state index in [1.165, 1.54) is 11.1 Å². The summed E-state index contributed by atoms with van der Waals surface area (Å²) < 4.78 is 2.47. The van der Waals surface area contributed by atoms with Gasteiger partial charge in [-0.2, -0.15) is 5.10 Å². The first-order valence-electron chi connectivity index (χ1n) is 10.4. The minimum absolute atomic E-state index is 0.173. The number of rotatable bonds is 6. The Bertz CT molecular complexity index is 1030. The van der Waals surface area contributed by atoms with E-state index in [9.17, 15) is 4.79 Å². The number of nitrogens with zero attached hydrogens (tertiary/aromatic N) is 4. The fraction of sp³-hybridized carbons (Fsp3) is 0.348. The molecular weight excluding hydrogens is 394 g/mol. The molecule has 4 rings (SSSR count). The normalized spacial score (nSPS) is 14.8.